The van der Waals surface area contributed by atoms with Gasteiger partial charge in [-0.3, -0.25) is 4.90 Å². The van der Waals surface area contributed by atoms with Crippen molar-refractivity contribution >= 4 is 0 Å². The highest BCUT2D eigenvalue weighted by Gasteiger charge is 2.13. The molecule has 4 heteroatoms. The number of aliphatic hydroxyl groups excluding tert-OH is 1. The van der Waals surface area contributed by atoms with Crippen LogP contribution in [0.3, 0.4) is 0 Å². The second-order valence-corrected chi connectivity index (χ2v) is 4.23. The Labute approximate surface area is 95.4 Å². The van der Waals surface area contributed by atoms with Crippen molar-refractivity contribution in [1.82, 2.24) is 4.90 Å². The summed E-state index contributed by atoms with van der Waals surface area (Å²) in [7, 11) is 1.98. The van der Waals surface area contributed by atoms with Crippen LogP contribution >= 0.6 is 0 Å². The molecule has 1 atom stereocenters. The highest BCUT2D eigenvalue weighted by Crippen LogP contribution is 2.32. The van der Waals surface area contributed by atoms with E-state index < -0.39 is 0 Å². The molecule has 0 radical (unpaired) electrons. The van der Waals surface area contributed by atoms with Crippen LogP contribution in [0, 0.1) is 0 Å². The van der Waals surface area contributed by atoms with Gasteiger partial charge in [-0.05, 0) is 31.7 Å². The van der Waals surface area contributed by atoms with E-state index in [0.29, 0.717) is 13.3 Å². The SMILES string of the molecule is CC(O)CN(C)Cc1ccc2c(c1)OCO2. The van der Waals surface area contributed by atoms with E-state index in [-0.39, 0.29) is 6.10 Å². The molecule has 0 aromatic heterocycles. The van der Waals surface area contributed by atoms with E-state index in [1.54, 1.807) is 6.92 Å². The molecular weight excluding hydrogens is 206 g/mol. The minimum absolute atomic E-state index is 0.306. The number of hydrogen-bond donors (Lipinski definition) is 1. The van der Waals surface area contributed by atoms with Gasteiger partial charge in [0.1, 0.15) is 0 Å². The lowest BCUT2D eigenvalue weighted by Crippen LogP contribution is -2.26. The molecule has 0 saturated carbocycles. The molecule has 0 fully saturated rings. The highest BCUT2D eigenvalue weighted by atomic mass is 16.7. The number of ether oxygens (including phenoxy) is 2. The van der Waals surface area contributed by atoms with E-state index in [1.165, 1.54) is 0 Å². The minimum Gasteiger partial charge on any atom is -0.454 e. The first kappa shape index (κ1) is 11.2. The van der Waals surface area contributed by atoms with Crippen molar-refractivity contribution in [2.45, 2.75) is 19.6 Å². The Morgan fingerprint density at radius 2 is 2.12 bits per heavy atom. The minimum atomic E-state index is -0.306. The number of rotatable bonds is 4. The Morgan fingerprint density at radius 1 is 1.38 bits per heavy atom. The molecule has 1 aromatic carbocycles. The number of fused-ring (bicyclic) bond motifs is 1. The summed E-state index contributed by atoms with van der Waals surface area (Å²) >= 11 is 0. The maximum atomic E-state index is 9.27. The number of aliphatic hydroxyl groups is 1. The van der Waals surface area contributed by atoms with Gasteiger partial charge in [-0.2, -0.15) is 0 Å². The molecule has 1 aliphatic rings. The summed E-state index contributed by atoms with van der Waals surface area (Å²) in [6, 6.07) is 5.93. The van der Waals surface area contributed by atoms with Crippen LogP contribution in [0.1, 0.15) is 12.5 Å². The summed E-state index contributed by atoms with van der Waals surface area (Å²) in [4.78, 5) is 2.07. The van der Waals surface area contributed by atoms with Gasteiger partial charge in [0.2, 0.25) is 6.79 Å². The van der Waals surface area contributed by atoms with Gasteiger partial charge in [-0.1, -0.05) is 6.07 Å². The van der Waals surface area contributed by atoms with Crippen LogP contribution in [0.2, 0.25) is 0 Å². The molecule has 4 nitrogen and oxygen atoms in total. The topological polar surface area (TPSA) is 41.9 Å². The number of nitrogens with zero attached hydrogens (tertiary/aromatic N) is 1. The Balaban J connectivity index is 1.99. The fourth-order valence-corrected chi connectivity index (χ4v) is 1.87. The van der Waals surface area contributed by atoms with Crippen LogP contribution in [-0.2, 0) is 6.54 Å². The van der Waals surface area contributed by atoms with Crippen molar-refractivity contribution < 1.29 is 14.6 Å². The van der Waals surface area contributed by atoms with Gasteiger partial charge in [0.05, 0.1) is 6.10 Å². The van der Waals surface area contributed by atoms with Gasteiger partial charge in [0.25, 0.3) is 0 Å². The lowest BCUT2D eigenvalue weighted by atomic mass is 10.2. The molecule has 1 N–H and O–H groups in total. The van der Waals surface area contributed by atoms with Gasteiger partial charge in [0.15, 0.2) is 11.5 Å². The fourth-order valence-electron chi connectivity index (χ4n) is 1.87. The van der Waals surface area contributed by atoms with E-state index in [9.17, 15) is 5.11 Å². The zero-order valence-electron chi connectivity index (χ0n) is 9.64. The third-order valence-corrected chi connectivity index (χ3v) is 2.47. The molecule has 0 spiro atoms. The van der Waals surface area contributed by atoms with Crippen LogP contribution in [0.5, 0.6) is 11.5 Å². The standard InChI is InChI=1S/C12H17NO3/c1-9(14)6-13(2)7-10-3-4-11-12(5-10)16-8-15-11/h3-5,9,14H,6-8H2,1-2H3. The van der Waals surface area contributed by atoms with E-state index in [2.05, 4.69) is 4.90 Å². The average Bonchev–Trinajstić information content (AvgIpc) is 2.63. The predicted octanol–water partition coefficient (Wildman–Crippen LogP) is 1.23. The summed E-state index contributed by atoms with van der Waals surface area (Å²) in [5, 5.41) is 9.27. The summed E-state index contributed by atoms with van der Waals surface area (Å²) in [6.07, 6.45) is -0.306. The largest absolute Gasteiger partial charge is 0.454 e. The van der Waals surface area contributed by atoms with Gasteiger partial charge in [-0.15, -0.1) is 0 Å². The van der Waals surface area contributed by atoms with Crippen LogP contribution in [0.4, 0.5) is 0 Å². The van der Waals surface area contributed by atoms with Gasteiger partial charge < -0.3 is 14.6 Å². The van der Waals surface area contributed by atoms with Crippen molar-refractivity contribution in [2.75, 3.05) is 20.4 Å². The van der Waals surface area contributed by atoms with Crippen molar-refractivity contribution in [3.63, 3.8) is 0 Å². The second-order valence-electron chi connectivity index (χ2n) is 4.23. The molecular formula is C12H17NO3. The molecule has 0 saturated heterocycles. The van der Waals surface area contributed by atoms with Gasteiger partial charge in [-0.25, -0.2) is 0 Å². The predicted molar refractivity (Wildman–Crippen MR) is 60.6 cm³/mol. The summed E-state index contributed by atoms with van der Waals surface area (Å²) in [6.45, 7) is 3.55. The molecule has 2 rings (SSSR count). The normalized spacial score (nSPS) is 15.5. The van der Waals surface area contributed by atoms with E-state index >= 15 is 0 Å². The maximum absolute atomic E-state index is 9.27. The lowest BCUT2D eigenvalue weighted by molar-refractivity contribution is 0.138. The Morgan fingerprint density at radius 3 is 2.88 bits per heavy atom. The molecule has 1 heterocycles. The number of hydrogen-bond acceptors (Lipinski definition) is 4. The number of likely N-dealkylation sites (N-methyl/N-ethyl adjacent to an activating group) is 1. The molecule has 0 bridgehead atoms. The zero-order chi connectivity index (χ0) is 11.5. The van der Waals surface area contributed by atoms with Gasteiger partial charge in [0, 0.05) is 13.1 Å². The quantitative estimate of drug-likeness (QED) is 0.833. The second kappa shape index (κ2) is 4.72. The molecule has 0 aliphatic carbocycles. The van der Waals surface area contributed by atoms with Crippen LogP contribution in [0.25, 0.3) is 0 Å². The van der Waals surface area contributed by atoms with Crippen LogP contribution in [-0.4, -0.2) is 36.5 Å². The van der Waals surface area contributed by atoms with Crippen molar-refractivity contribution in [3.8, 4) is 11.5 Å². The molecule has 88 valence electrons. The highest BCUT2D eigenvalue weighted by molar-refractivity contribution is 5.44. The van der Waals surface area contributed by atoms with E-state index in [1.807, 2.05) is 25.2 Å². The maximum Gasteiger partial charge on any atom is 0.231 e. The molecule has 1 aliphatic heterocycles. The first-order chi connectivity index (χ1) is 7.65. The van der Waals surface area contributed by atoms with Crippen molar-refractivity contribution in [2.24, 2.45) is 0 Å². The third-order valence-electron chi connectivity index (χ3n) is 2.47. The van der Waals surface area contributed by atoms with E-state index in [4.69, 9.17) is 9.47 Å². The Kier molecular flexibility index (Phi) is 3.31. The van der Waals surface area contributed by atoms with E-state index in [0.717, 1.165) is 23.6 Å². The third kappa shape index (κ3) is 2.65. The summed E-state index contributed by atoms with van der Waals surface area (Å²) in [5.41, 5.74) is 1.16. The Bertz CT molecular complexity index is 365. The molecule has 1 unspecified atom stereocenters. The molecule has 1 aromatic rings. The molecule has 16 heavy (non-hydrogen) atoms. The number of benzene rings is 1. The fraction of sp³-hybridized carbons (Fsp3) is 0.500. The zero-order valence-corrected chi connectivity index (χ0v) is 9.64. The molecule has 0 amide bonds. The van der Waals surface area contributed by atoms with Crippen LogP contribution < -0.4 is 9.47 Å². The Hall–Kier alpha value is -1.26. The summed E-state index contributed by atoms with van der Waals surface area (Å²) in [5.74, 6) is 1.62. The lowest BCUT2D eigenvalue weighted by Gasteiger charge is -2.18. The van der Waals surface area contributed by atoms with Crippen molar-refractivity contribution in [3.05, 3.63) is 23.8 Å². The first-order valence-corrected chi connectivity index (χ1v) is 5.40. The first-order valence-electron chi connectivity index (χ1n) is 5.40. The monoisotopic (exact) mass is 223 g/mol. The van der Waals surface area contributed by atoms with Crippen LogP contribution in [0.15, 0.2) is 18.2 Å². The van der Waals surface area contributed by atoms with Crippen molar-refractivity contribution in [1.29, 1.82) is 0 Å². The summed E-state index contributed by atoms with van der Waals surface area (Å²) < 4.78 is 10.6. The smallest absolute Gasteiger partial charge is 0.231 e. The average molecular weight is 223 g/mol. The van der Waals surface area contributed by atoms with Gasteiger partial charge >= 0.3 is 0 Å².